The van der Waals surface area contributed by atoms with Crippen molar-refractivity contribution in [3.63, 3.8) is 0 Å². The second-order valence-corrected chi connectivity index (χ2v) is 4.99. The van der Waals surface area contributed by atoms with Gasteiger partial charge >= 0.3 is 5.97 Å². The molecular formula is C15H16N2O3. The number of hydrogen-bond acceptors (Lipinski definition) is 4. The fourth-order valence-electron chi connectivity index (χ4n) is 2.65. The molecule has 0 amide bonds. The van der Waals surface area contributed by atoms with Crippen molar-refractivity contribution < 1.29 is 14.3 Å². The van der Waals surface area contributed by atoms with E-state index >= 15 is 0 Å². The predicted octanol–water partition coefficient (Wildman–Crippen LogP) is 2.95. The Labute approximate surface area is 116 Å². The van der Waals surface area contributed by atoms with Crippen LogP contribution in [0.15, 0.2) is 28.9 Å². The number of aryl methyl sites for hydroxylation is 1. The van der Waals surface area contributed by atoms with Gasteiger partial charge in [0, 0.05) is 24.3 Å². The number of carboxylic acids is 1. The zero-order chi connectivity index (χ0) is 14.1. The molecule has 2 aromatic heterocycles. The molecular weight excluding hydrogens is 256 g/mol. The number of aromatic nitrogens is 1. The third-order valence-corrected chi connectivity index (χ3v) is 3.53. The molecule has 0 radical (unpaired) electrons. The molecule has 1 aliphatic heterocycles. The smallest absolute Gasteiger partial charge is 0.340 e. The first-order valence-electron chi connectivity index (χ1n) is 6.70. The van der Waals surface area contributed by atoms with E-state index in [1.54, 1.807) is 24.5 Å². The van der Waals surface area contributed by atoms with Crippen LogP contribution in [0, 0.1) is 6.92 Å². The molecule has 104 valence electrons. The predicted molar refractivity (Wildman–Crippen MR) is 75.1 cm³/mol. The van der Waals surface area contributed by atoms with E-state index in [0.717, 1.165) is 31.6 Å². The summed E-state index contributed by atoms with van der Waals surface area (Å²) in [6.45, 7) is 3.58. The van der Waals surface area contributed by atoms with Crippen molar-refractivity contribution in [2.75, 3.05) is 18.0 Å². The van der Waals surface area contributed by atoms with E-state index in [2.05, 4.69) is 4.98 Å². The lowest BCUT2D eigenvalue weighted by molar-refractivity contribution is 0.0698. The summed E-state index contributed by atoms with van der Waals surface area (Å²) in [5.74, 6) is 0.153. The minimum atomic E-state index is -0.967. The van der Waals surface area contributed by atoms with E-state index in [1.807, 2.05) is 11.8 Å². The van der Waals surface area contributed by atoms with Gasteiger partial charge < -0.3 is 14.4 Å². The summed E-state index contributed by atoms with van der Waals surface area (Å²) in [6.07, 6.45) is 3.70. The lowest BCUT2D eigenvalue weighted by Gasteiger charge is -2.20. The maximum atomic E-state index is 11.7. The fraction of sp³-hybridized carbons (Fsp3) is 0.333. The SMILES string of the molecule is Cc1cc(-c2ccco2)c(C(=O)O)c(N2CCCC2)n1. The lowest BCUT2D eigenvalue weighted by Crippen LogP contribution is -2.23. The molecule has 3 heterocycles. The maximum Gasteiger partial charge on any atom is 0.340 e. The van der Waals surface area contributed by atoms with Crippen LogP contribution in [0.2, 0.25) is 0 Å². The summed E-state index contributed by atoms with van der Waals surface area (Å²) >= 11 is 0. The van der Waals surface area contributed by atoms with Crippen LogP contribution in [0.25, 0.3) is 11.3 Å². The summed E-state index contributed by atoms with van der Waals surface area (Å²) in [7, 11) is 0. The Morgan fingerprint density at radius 1 is 1.40 bits per heavy atom. The molecule has 0 atom stereocenters. The first-order chi connectivity index (χ1) is 9.66. The number of nitrogens with zero attached hydrogens (tertiary/aromatic N) is 2. The molecule has 0 aliphatic carbocycles. The third-order valence-electron chi connectivity index (χ3n) is 3.53. The van der Waals surface area contributed by atoms with E-state index in [4.69, 9.17) is 4.42 Å². The third kappa shape index (κ3) is 2.15. The molecule has 0 unspecified atom stereocenters. The normalized spacial score (nSPS) is 14.8. The molecule has 20 heavy (non-hydrogen) atoms. The van der Waals surface area contributed by atoms with E-state index in [-0.39, 0.29) is 5.56 Å². The Hall–Kier alpha value is -2.30. The van der Waals surface area contributed by atoms with Crippen molar-refractivity contribution >= 4 is 11.8 Å². The number of hydrogen-bond donors (Lipinski definition) is 1. The monoisotopic (exact) mass is 272 g/mol. The summed E-state index contributed by atoms with van der Waals surface area (Å²) in [5.41, 5.74) is 1.62. The minimum absolute atomic E-state index is 0.229. The average molecular weight is 272 g/mol. The van der Waals surface area contributed by atoms with Crippen LogP contribution < -0.4 is 4.90 Å². The quantitative estimate of drug-likeness (QED) is 0.930. The first-order valence-corrected chi connectivity index (χ1v) is 6.70. The van der Waals surface area contributed by atoms with Crippen LogP contribution in [0.4, 0.5) is 5.82 Å². The molecule has 1 fully saturated rings. The topological polar surface area (TPSA) is 66.6 Å². The van der Waals surface area contributed by atoms with Gasteiger partial charge in [-0.25, -0.2) is 9.78 Å². The maximum absolute atomic E-state index is 11.7. The zero-order valence-electron chi connectivity index (χ0n) is 11.3. The highest BCUT2D eigenvalue weighted by molar-refractivity contribution is 6.00. The Morgan fingerprint density at radius 3 is 2.75 bits per heavy atom. The van der Waals surface area contributed by atoms with Crippen LogP contribution in [-0.4, -0.2) is 29.1 Å². The van der Waals surface area contributed by atoms with Gasteiger partial charge in [-0.1, -0.05) is 0 Å². The van der Waals surface area contributed by atoms with Crippen molar-refractivity contribution in [3.8, 4) is 11.3 Å². The van der Waals surface area contributed by atoms with Gasteiger partial charge in [0.1, 0.15) is 17.1 Å². The number of aromatic carboxylic acids is 1. The number of rotatable bonds is 3. The molecule has 5 nitrogen and oxygen atoms in total. The standard InChI is InChI=1S/C15H16N2O3/c1-10-9-11(12-5-4-8-20-12)13(15(18)19)14(16-10)17-6-2-3-7-17/h4-5,8-9H,2-3,6-7H2,1H3,(H,18,19). The second-order valence-electron chi connectivity index (χ2n) is 4.99. The number of furan rings is 1. The van der Waals surface area contributed by atoms with Gasteiger partial charge in [-0.2, -0.15) is 0 Å². The Morgan fingerprint density at radius 2 is 2.15 bits per heavy atom. The molecule has 0 aromatic carbocycles. The van der Waals surface area contributed by atoms with Crippen LogP contribution in [0.1, 0.15) is 28.9 Å². The van der Waals surface area contributed by atoms with Crippen molar-refractivity contribution in [1.82, 2.24) is 4.98 Å². The Bertz CT molecular complexity index is 629. The highest BCUT2D eigenvalue weighted by atomic mass is 16.4. The fourth-order valence-corrected chi connectivity index (χ4v) is 2.65. The Kier molecular flexibility index (Phi) is 3.18. The highest BCUT2D eigenvalue weighted by Crippen LogP contribution is 2.32. The number of anilines is 1. The average Bonchev–Trinajstić information content (AvgIpc) is 3.11. The summed E-state index contributed by atoms with van der Waals surface area (Å²) in [4.78, 5) is 18.2. The minimum Gasteiger partial charge on any atom is -0.478 e. The molecule has 3 rings (SSSR count). The molecule has 0 spiro atoms. The van der Waals surface area contributed by atoms with Gasteiger partial charge in [0.15, 0.2) is 0 Å². The van der Waals surface area contributed by atoms with Crippen molar-refractivity contribution in [1.29, 1.82) is 0 Å². The molecule has 2 aromatic rings. The summed E-state index contributed by atoms with van der Waals surface area (Å²) in [6, 6.07) is 5.29. The van der Waals surface area contributed by atoms with Crippen LogP contribution in [0.5, 0.6) is 0 Å². The number of carboxylic acid groups (broad SMARTS) is 1. The molecule has 1 saturated heterocycles. The van der Waals surface area contributed by atoms with Crippen molar-refractivity contribution in [3.05, 3.63) is 35.7 Å². The van der Waals surface area contributed by atoms with Gasteiger partial charge in [0.2, 0.25) is 0 Å². The van der Waals surface area contributed by atoms with Crippen LogP contribution >= 0.6 is 0 Å². The largest absolute Gasteiger partial charge is 0.478 e. The van der Waals surface area contributed by atoms with E-state index in [1.165, 1.54) is 0 Å². The molecule has 0 saturated carbocycles. The van der Waals surface area contributed by atoms with Crippen LogP contribution in [0.3, 0.4) is 0 Å². The molecule has 1 N–H and O–H groups in total. The van der Waals surface area contributed by atoms with Gasteiger partial charge in [-0.05, 0) is 38.0 Å². The first kappa shape index (κ1) is 12.7. The van der Waals surface area contributed by atoms with Gasteiger partial charge in [-0.3, -0.25) is 0 Å². The Balaban J connectivity index is 2.21. The lowest BCUT2D eigenvalue weighted by atomic mass is 10.0. The van der Waals surface area contributed by atoms with E-state index in [0.29, 0.717) is 17.1 Å². The van der Waals surface area contributed by atoms with Gasteiger partial charge in [0.25, 0.3) is 0 Å². The molecule has 5 heteroatoms. The summed E-state index contributed by atoms with van der Waals surface area (Å²) < 4.78 is 5.37. The zero-order valence-corrected chi connectivity index (χ0v) is 11.3. The second kappa shape index (κ2) is 5.00. The number of pyridine rings is 1. The number of carbonyl (C=O) groups is 1. The highest BCUT2D eigenvalue weighted by Gasteiger charge is 2.25. The molecule has 0 bridgehead atoms. The van der Waals surface area contributed by atoms with Gasteiger partial charge in [0.05, 0.1) is 6.26 Å². The van der Waals surface area contributed by atoms with Crippen LogP contribution in [-0.2, 0) is 0 Å². The van der Waals surface area contributed by atoms with E-state index < -0.39 is 5.97 Å². The van der Waals surface area contributed by atoms with E-state index in [9.17, 15) is 9.90 Å². The summed E-state index contributed by atoms with van der Waals surface area (Å²) in [5, 5.41) is 9.59. The molecule has 1 aliphatic rings. The van der Waals surface area contributed by atoms with Crippen molar-refractivity contribution in [2.24, 2.45) is 0 Å². The van der Waals surface area contributed by atoms with Crippen molar-refractivity contribution in [2.45, 2.75) is 19.8 Å². The van der Waals surface area contributed by atoms with Gasteiger partial charge in [-0.15, -0.1) is 0 Å².